The molecule has 0 saturated carbocycles. The van der Waals surface area contributed by atoms with Gasteiger partial charge in [0.1, 0.15) is 19.8 Å². The van der Waals surface area contributed by atoms with E-state index in [2.05, 4.69) is 39.1 Å². The van der Waals surface area contributed by atoms with Gasteiger partial charge in [-0.05, 0) is 49.5 Å². The monoisotopic (exact) mass is 460 g/mol. The fourth-order valence-corrected chi connectivity index (χ4v) is 3.89. The van der Waals surface area contributed by atoms with Gasteiger partial charge < -0.3 is 24.4 Å². The highest BCUT2D eigenvalue weighted by atomic mass is 16.6. The zero-order chi connectivity index (χ0) is 23.3. The average Bonchev–Trinajstić information content (AvgIpc) is 3.29. The summed E-state index contributed by atoms with van der Waals surface area (Å²) in [5, 5.41) is 7.95. The highest BCUT2D eigenvalue weighted by Crippen LogP contribution is 2.34. The number of anilines is 2. The Bertz CT molecular complexity index is 1270. The molecule has 1 aromatic carbocycles. The van der Waals surface area contributed by atoms with Gasteiger partial charge in [-0.15, -0.1) is 5.10 Å². The molecular formula is C25H28N6O3. The van der Waals surface area contributed by atoms with Crippen LogP contribution in [0.3, 0.4) is 0 Å². The van der Waals surface area contributed by atoms with Gasteiger partial charge in [0.05, 0.1) is 5.69 Å². The lowest BCUT2D eigenvalue weighted by Gasteiger charge is -2.19. The van der Waals surface area contributed by atoms with Gasteiger partial charge in [0, 0.05) is 30.1 Å². The number of fused-ring (bicyclic) bond motifs is 2. The van der Waals surface area contributed by atoms with Crippen LogP contribution in [-0.4, -0.2) is 63.9 Å². The van der Waals surface area contributed by atoms with Gasteiger partial charge in [0.25, 0.3) is 0 Å². The first kappa shape index (κ1) is 22.0. The Balaban J connectivity index is 1.34. The minimum atomic E-state index is 0.491. The number of hydrogen-bond acceptors (Lipinski definition) is 8. The number of likely N-dealkylation sites (N-methyl/N-ethyl adjacent to an activating group) is 1. The van der Waals surface area contributed by atoms with E-state index in [4.69, 9.17) is 14.2 Å². The fraction of sp³-hybridized carbons (Fsp3) is 0.320. The lowest BCUT2D eigenvalue weighted by molar-refractivity contribution is 0.171. The summed E-state index contributed by atoms with van der Waals surface area (Å²) >= 11 is 0. The summed E-state index contributed by atoms with van der Waals surface area (Å²) in [6.45, 7) is 8.86. The van der Waals surface area contributed by atoms with E-state index in [1.165, 1.54) is 0 Å². The van der Waals surface area contributed by atoms with Crippen LogP contribution in [0, 0.1) is 0 Å². The molecule has 0 bridgehead atoms. The van der Waals surface area contributed by atoms with Crippen molar-refractivity contribution in [3.8, 4) is 28.6 Å². The molecule has 1 aliphatic rings. The summed E-state index contributed by atoms with van der Waals surface area (Å²) in [4.78, 5) is 11.3. The second-order valence-corrected chi connectivity index (χ2v) is 7.86. The molecule has 34 heavy (non-hydrogen) atoms. The van der Waals surface area contributed by atoms with Crippen molar-refractivity contribution in [3.63, 3.8) is 0 Å². The predicted octanol–water partition coefficient (Wildman–Crippen LogP) is 4.03. The molecule has 3 aromatic heterocycles. The van der Waals surface area contributed by atoms with E-state index in [9.17, 15) is 0 Å². The van der Waals surface area contributed by atoms with Crippen molar-refractivity contribution in [2.75, 3.05) is 44.8 Å². The van der Waals surface area contributed by atoms with E-state index in [1.54, 1.807) is 6.20 Å². The largest absolute Gasteiger partial charge is 0.486 e. The van der Waals surface area contributed by atoms with E-state index >= 15 is 0 Å². The molecule has 4 aromatic rings. The number of benzene rings is 1. The van der Waals surface area contributed by atoms with Crippen LogP contribution in [0.15, 0.2) is 54.7 Å². The number of nitrogens with zero attached hydrogens (tertiary/aromatic N) is 5. The van der Waals surface area contributed by atoms with Gasteiger partial charge in [0.15, 0.2) is 17.1 Å². The molecule has 0 aliphatic carbocycles. The summed E-state index contributed by atoms with van der Waals surface area (Å²) in [5.41, 5.74) is 3.42. The van der Waals surface area contributed by atoms with Crippen LogP contribution >= 0.6 is 0 Å². The number of hydrogen-bond donors (Lipinski definition) is 1. The third-order valence-electron chi connectivity index (χ3n) is 5.74. The Morgan fingerprint density at radius 3 is 2.74 bits per heavy atom. The van der Waals surface area contributed by atoms with Crippen LogP contribution < -0.4 is 19.5 Å². The Hall–Kier alpha value is -3.85. The molecule has 0 atom stereocenters. The number of aromatic nitrogens is 4. The topological polar surface area (TPSA) is 86.0 Å². The molecule has 1 N–H and O–H groups in total. The first-order valence-corrected chi connectivity index (χ1v) is 11.6. The van der Waals surface area contributed by atoms with Crippen molar-refractivity contribution in [2.24, 2.45) is 0 Å². The Morgan fingerprint density at radius 1 is 1.03 bits per heavy atom. The molecule has 0 saturated heterocycles. The molecule has 5 rings (SSSR count). The molecule has 176 valence electrons. The van der Waals surface area contributed by atoms with Crippen molar-refractivity contribution < 1.29 is 14.2 Å². The van der Waals surface area contributed by atoms with Gasteiger partial charge in [-0.3, -0.25) is 0 Å². The fourth-order valence-electron chi connectivity index (χ4n) is 3.89. The molecule has 0 radical (unpaired) electrons. The van der Waals surface area contributed by atoms with E-state index in [0.717, 1.165) is 53.7 Å². The van der Waals surface area contributed by atoms with E-state index in [1.807, 2.05) is 53.0 Å². The van der Waals surface area contributed by atoms with Crippen molar-refractivity contribution in [3.05, 3.63) is 54.7 Å². The molecular weight excluding hydrogens is 432 g/mol. The standard InChI is InChI=1S/C25H28N6O3/c1-3-30(4-2)12-13-34-24-17-19(10-11-26-24)27-25-28-23-7-5-6-20(31(23)29-25)18-8-9-21-22(16-18)33-15-14-32-21/h5-11,16-17H,3-4,12-15H2,1-2H3,(H,26,27,29). The van der Waals surface area contributed by atoms with Crippen LogP contribution in [0.1, 0.15) is 13.8 Å². The third-order valence-corrected chi connectivity index (χ3v) is 5.74. The van der Waals surface area contributed by atoms with Crippen molar-refractivity contribution in [2.45, 2.75) is 13.8 Å². The first-order valence-electron chi connectivity index (χ1n) is 11.6. The number of ether oxygens (including phenoxy) is 3. The molecule has 4 heterocycles. The summed E-state index contributed by atoms with van der Waals surface area (Å²) < 4.78 is 19.0. The number of nitrogens with one attached hydrogen (secondary N) is 1. The van der Waals surface area contributed by atoms with Gasteiger partial charge in [-0.25, -0.2) is 9.50 Å². The zero-order valence-corrected chi connectivity index (χ0v) is 19.4. The number of pyridine rings is 2. The minimum Gasteiger partial charge on any atom is -0.486 e. The molecule has 0 unspecified atom stereocenters. The first-order chi connectivity index (χ1) is 16.7. The molecule has 0 spiro atoms. The Morgan fingerprint density at radius 2 is 1.88 bits per heavy atom. The van der Waals surface area contributed by atoms with E-state index < -0.39 is 0 Å². The van der Waals surface area contributed by atoms with Crippen molar-refractivity contribution >= 4 is 17.3 Å². The smallest absolute Gasteiger partial charge is 0.247 e. The lowest BCUT2D eigenvalue weighted by atomic mass is 10.1. The second-order valence-electron chi connectivity index (χ2n) is 7.86. The molecule has 9 heteroatoms. The Labute approximate surface area is 198 Å². The SMILES string of the molecule is CCN(CC)CCOc1cc(Nc2nc3cccc(-c4ccc5c(c4)OCCO5)n3n2)ccn1. The molecule has 0 fully saturated rings. The zero-order valence-electron chi connectivity index (χ0n) is 19.4. The highest BCUT2D eigenvalue weighted by Gasteiger charge is 2.15. The summed E-state index contributed by atoms with van der Waals surface area (Å²) in [5.74, 6) is 2.56. The Kier molecular flexibility index (Phi) is 6.44. The predicted molar refractivity (Wildman–Crippen MR) is 130 cm³/mol. The van der Waals surface area contributed by atoms with Crippen LogP contribution in [0.2, 0.25) is 0 Å². The van der Waals surface area contributed by atoms with Crippen LogP contribution in [-0.2, 0) is 0 Å². The van der Waals surface area contributed by atoms with Crippen molar-refractivity contribution in [1.82, 2.24) is 24.5 Å². The highest BCUT2D eigenvalue weighted by molar-refractivity contribution is 5.68. The summed E-state index contributed by atoms with van der Waals surface area (Å²) in [7, 11) is 0. The third kappa shape index (κ3) is 4.74. The lowest BCUT2D eigenvalue weighted by Crippen LogP contribution is -2.28. The second kappa shape index (κ2) is 9.96. The van der Waals surface area contributed by atoms with Gasteiger partial charge in [-0.1, -0.05) is 19.9 Å². The van der Waals surface area contributed by atoms with Gasteiger partial charge in [0.2, 0.25) is 11.8 Å². The van der Waals surface area contributed by atoms with Crippen LogP contribution in [0.25, 0.3) is 16.9 Å². The molecule has 9 nitrogen and oxygen atoms in total. The quantitative estimate of drug-likeness (QED) is 0.401. The van der Waals surface area contributed by atoms with Crippen molar-refractivity contribution in [1.29, 1.82) is 0 Å². The van der Waals surface area contributed by atoms with E-state index in [-0.39, 0.29) is 0 Å². The molecule has 1 aliphatic heterocycles. The maximum atomic E-state index is 5.84. The summed E-state index contributed by atoms with van der Waals surface area (Å²) in [6, 6.07) is 15.5. The summed E-state index contributed by atoms with van der Waals surface area (Å²) in [6.07, 6.45) is 1.71. The normalized spacial score (nSPS) is 12.8. The maximum absolute atomic E-state index is 5.84. The van der Waals surface area contributed by atoms with E-state index in [0.29, 0.717) is 31.6 Å². The number of rotatable bonds is 9. The average molecular weight is 461 g/mol. The van der Waals surface area contributed by atoms with Gasteiger partial charge in [-0.2, -0.15) is 4.98 Å². The molecule has 0 amide bonds. The van der Waals surface area contributed by atoms with Gasteiger partial charge >= 0.3 is 0 Å². The van der Waals surface area contributed by atoms with Crippen LogP contribution in [0.4, 0.5) is 11.6 Å². The maximum Gasteiger partial charge on any atom is 0.247 e. The van der Waals surface area contributed by atoms with Crippen LogP contribution in [0.5, 0.6) is 17.4 Å². The minimum absolute atomic E-state index is 0.491.